The number of rotatable bonds is 4. The average molecular weight is 324 g/mol. The molecule has 0 bridgehead atoms. The molecule has 0 fully saturated rings. The van der Waals surface area contributed by atoms with Gasteiger partial charge in [-0.3, -0.25) is 4.79 Å². The van der Waals surface area contributed by atoms with Gasteiger partial charge in [-0.15, -0.1) is 0 Å². The van der Waals surface area contributed by atoms with Gasteiger partial charge in [0.2, 0.25) is 0 Å². The van der Waals surface area contributed by atoms with E-state index in [1.807, 2.05) is 25.1 Å². The van der Waals surface area contributed by atoms with E-state index in [1.54, 1.807) is 30.3 Å². The van der Waals surface area contributed by atoms with Gasteiger partial charge in [0.15, 0.2) is 0 Å². The van der Waals surface area contributed by atoms with Gasteiger partial charge in [-0.1, -0.05) is 52.0 Å². The SMILES string of the molecule is CCC(=NNC(=O)c1ccc(C(C)(C)C)cc1)c1ccccc1O. The molecule has 0 spiro atoms. The van der Waals surface area contributed by atoms with Crippen LogP contribution in [0.2, 0.25) is 0 Å². The highest BCUT2D eigenvalue weighted by Gasteiger charge is 2.14. The van der Waals surface area contributed by atoms with Crippen molar-refractivity contribution in [3.8, 4) is 5.75 Å². The van der Waals surface area contributed by atoms with Crippen molar-refractivity contribution >= 4 is 11.6 Å². The van der Waals surface area contributed by atoms with Crippen LogP contribution in [0, 0.1) is 0 Å². The van der Waals surface area contributed by atoms with E-state index in [0.29, 0.717) is 23.3 Å². The lowest BCUT2D eigenvalue weighted by atomic mass is 9.87. The van der Waals surface area contributed by atoms with Crippen LogP contribution in [0.1, 0.15) is 55.6 Å². The molecule has 0 heterocycles. The molecule has 0 aliphatic carbocycles. The number of amides is 1. The second-order valence-corrected chi connectivity index (χ2v) is 6.70. The van der Waals surface area contributed by atoms with Crippen molar-refractivity contribution < 1.29 is 9.90 Å². The van der Waals surface area contributed by atoms with Gasteiger partial charge in [0.1, 0.15) is 5.75 Å². The number of hydrazone groups is 1. The van der Waals surface area contributed by atoms with E-state index in [4.69, 9.17) is 0 Å². The number of benzene rings is 2. The van der Waals surface area contributed by atoms with Crippen LogP contribution in [-0.4, -0.2) is 16.7 Å². The standard InChI is InChI=1S/C20H24N2O2/c1-5-17(16-8-6-7-9-18(16)23)21-22-19(24)14-10-12-15(13-11-14)20(2,3)4/h6-13,23H,5H2,1-4H3,(H,22,24). The van der Waals surface area contributed by atoms with Crippen LogP contribution in [-0.2, 0) is 5.41 Å². The summed E-state index contributed by atoms with van der Waals surface area (Å²) in [7, 11) is 0. The zero-order chi connectivity index (χ0) is 17.7. The highest BCUT2D eigenvalue weighted by molar-refractivity contribution is 6.03. The molecule has 2 rings (SSSR count). The molecule has 0 aliphatic heterocycles. The molecule has 4 heteroatoms. The highest BCUT2D eigenvalue weighted by atomic mass is 16.3. The van der Waals surface area contributed by atoms with E-state index >= 15 is 0 Å². The van der Waals surface area contributed by atoms with E-state index < -0.39 is 0 Å². The second kappa shape index (κ2) is 7.30. The van der Waals surface area contributed by atoms with Crippen LogP contribution in [0.5, 0.6) is 5.75 Å². The highest BCUT2D eigenvalue weighted by Crippen LogP contribution is 2.22. The fourth-order valence-corrected chi connectivity index (χ4v) is 2.35. The fourth-order valence-electron chi connectivity index (χ4n) is 2.35. The fraction of sp³-hybridized carbons (Fsp3) is 0.300. The first-order valence-electron chi connectivity index (χ1n) is 8.08. The Bertz CT molecular complexity index is 741. The van der Waals surface area contributed by atoms with Gasteiger partial charge in [-0.2, -0.15) is 5.10 Å². The molecular weight excluding hydrogens is 300 g/mol. The Kier molecular flexibility index (Phi) is 5.39. The summed E-state index contributed by atoms with van der Waals surface area (Å²) < 4.78 is 0. The lowest BCUT2D eigenvalue weighted by molar-refractivity contribution is 0.0954. The largest absolute Gasteiger partial charge is 0.507 e. The molecule has 2 N–H and O–H groups in total. The maximum atomic E-state index is 12.3. The molecule has 0 saturated carbocycles. The van der Waals surface area contributed by atoms with E-state index in [9.17, 15) is 9.90 Å². The molecule has 0 saturated heterocycles. The van der Waals surface area contributed by atoms with Crippen molar-refractivity contribution in [2.75, 3.05) is 0 Å². The van der Waals surface area contributed by atoms with E-state index in [2.05, 4.69) is 31.3 Å². The summed E-state index contributed by atoms with van der Waals surface area (Å²) in [5, 5.41) is 14.1. The maximum Gasteiger partial charge on any atom is 0.271 e. The van der Waals surface area contributed by atoms with Gasteiger partial charge in [0, 0.05) is 11.1 Å². The van der Waals surface area contributed by atoms with Crippen molar-refractivity contribution in [2.45, 2.75) is 39.5 Å². The smallest absolute Gasteiger partial charge is 0.271 e. The Morgan fingerprint density at radius 1 is 1.08 bits per heavy atom. The molecule has 0 radical (unpaired) electrons. The first kappa shape index (κ1) is 17.7. The van der Waals surface area contributed by atoms with Crippen LogP contribution < -0.4 is 5.43 Å². The molecular formula is C20H24N2O2. The first-order valence-corrected chi connectivity index (χ1v) is 8.08. The summed E-state index contributed by atoms with van der Waals surface area (Å²) in [6.45, 7) is 8.32. The quantitative estimate of drug-likeness (QED) is 0.653. The van der Waals surface area contributed by atoms with Crippen molar-refractivity contribution in [2.24, 2.45) is 5.10 Å². The number of carbonyl (C=O) groups is 1. The van der Waals surface area contributed by atoms with E-state index in [0.717, 1.165) is 0 Å². The third-order valence-electron chi connectivity index (χ3n) is 3.86. The monoisotopic (exact) mass is 324 g/mol. The summed E-state index contributed by atoms with van der Waals surface area (Å²) in [6, 6.07) is 14.5. The number of phenols is 1. The van der Waals surface area contributed by atoms with E-state index in [-0.39, 0.29) is 17.1 Å². The van der Waals surface area contributed by atoms with E-state index in [1.165, 1.54) is 5.56 Å². The molecule has 0 unspecified atom stereocenters. The van der Waals surface area contributed by atoms with Crippen molar-refractivity contribution in [3.63, 3.8) is 0 Å². The topological polar surface area (TPSA) is 61.7 Å². The van der Waals surface area contributed by atoms with Crippen molar-refractivity contribution in [1.82, 2.24) is 5.43 Å². The zero-order valence-electron chi connectivity index (χ0n) is 14.6. The molecule has 2 aromatic rings. The van der Waals surface area contributed by atoms with Gasteiger partial charge in [-0.25, -0.2) is 5.43 Å². The summed E-state index contributed by atoms with van der Waals surface area (Å²) in [5.41, 5.74) is 5.61. The van der Waals surface area contributed by atoms with Crippen LogP contribution in [0.15, 0.2) is 53.6 Å². The molecule has 2 aromatic carbocycles. The average Bonchev–Trinajstić information content (AvgIpc) is 2.56. The normalized spacial score (nSPS) is 12.1. The number of nitrogens with zero attached hydrogens (tertiary/aromatic N) is 1. The minimum atomic E-state index is -0.267. The van der Waals surface area contributed by atoms with Crippen LogP contribution in [0.25, 0.3) is 0 Å². The number of phenolic OH excluding ortho intramolecular Hbond substituents is 1. The molecule has 0 aromatic heterocycles. The second-order valence-electron chi connectivity index (χ2n) is 6.70. The summed E-state index contributed by atoms with van der Waals surface area (Å²) in [6.07, 6.45) is 0.598. The third kappa shape index (κ3) is 4.22. The predicted molar refractivity (Wildman–Crippen MR) is 97.5 cm³/mol. The van der Waals surface area contributed by atoms with Gasteiger partial charge in [-0.05, 0) is 41.7 Å². The number of para-hydroxylation sites is 1. The number of aromatic hydroxyl groups is 1. The van der Waals surface area contributed by atoms with Crippen LogP contribution in [0.4, 0.5) is 0 Å². The minimum Gasteiger partial charge on any atom is -0.507 e. The van der Waals surface area contributed by atoms with Crippen molar-refractivity contribution in [3.05, 3.63) is 65.2 Å². The first-order chi connectivity index (χ1) is 11.3. The minimum absolute atomic E-state index is 0.0490. The molecule has 1 amide bonds. The van der Waals surface area contributed by atoms with Crippen LogP contribution in [0.3, 0.4) is 0 Å². The molecule has 0 atom stereocenters. The predicted octanol–water partition coefficient (Wildman–Crippen LogP) is 4.23. The van der Waals surface area contributed by atoms with Gasteiger partial charge in [0.05, 0.1) is 5.71 Å². The Labute approximate surface area is 143 Å². The number of hydrogen-bond acceptors (Lipinski definition) is 3. The van der Waals surface area contributed by atoms with Gasteiger partial charge < -0.3 is 5.11 Å². The van der Waals surface area contributed by atoms with Gasteiger partial charge in [0.25, 0.3) is 5.91 Å². The molecule has 4 nitrogen and oxygen atoms in total. The number of hydrogen-bond donors (Lipinski definition) is 2. The molecule has 24 heavy (non-hydrogen) atoms. The Balaban J connectivity index is 2.15. The van der Waals surface area contributed by atoms with Crippen LogP contribution >= 0.6 is 0 Å². The molecule has 0 aliphatic rings. The number of nitrogens with one attached hydrogen (secondary N) is 1. The maximum absolute atomic E-state index is 12.3. The summed E-state index contributed by atoms with van der Waals surface area (Å²) in [5.74, 6) is -0.112. The van der Waals surface area contributed by atoms with Gasteiger partial charge >= 0.3 is 0 Å². The summed E-state index contributed by atoms with van der Waals surface area (Å²) >= 11 is 0. The molecule has 126 valence electrons. The zero-order valence-corrected chi connectivity index (χ0v) is 14.6. The third-order valence-corrected chi connectivity index (χ3v) is 3.86. The Morgan fingerprint density at radius 2 is 1.71 bits per heavy atom. The summed E-state index contributed by atoms with van der Waals surface area (Å²) in [4.78, 5) is 12.3. The Morgan fingerprint density at radius 3 is 2.25 bits per heavy atom. The van der Waals surface area contributed by atoms with Crippen molar-refractivity contribution in [1.29, 1.82) is 0 Å². The Hall–Kier alpha value is -2.62. The number of carbonyl (C=O) groups excluding carboxylic acids is 1. The lowest BCUT2D eigenvalue weighted by Crippen LogP contribution is -2.20. The lowest BCUT2D eigenvalue weighted by Gasteiger charge is -2.18.